The largest absolute Gasteiger partial charge is 0.756 e. The van der Waals surface area contributed by atoms with Crippen LogP contribution in [0.15, 0.2) is 83.0 Å². The number of nitrogens with one attached hydrogen (secondary N) is 1. The van der Waals surface area contributed by atoms with Gasteiger partial charge in [-0.25, -0.2) is 33.1 Å². The second-order valence-corrected chi connectivity index (χ2v) is 18.7. The number of aromatic nitrogens is 6. The fourth-order valence-electron chi connectivity index (χ4n) is 6.60. The van der Waals surface area contributed by atoms with E-state index in [1.54, 1.807) is 48.5 Å². The molecule has 0 amide bonds. The van der Waals surface area contributed by atoms with Gasteiger partial charge in [0.2, 0.25) is 0 Å². The summed E-state index contributed by atoms with van der Waals surface area (Å²) in [5.74, 6) is 0.135. The quantitative estimate of drug-likeness (QED) is 0.149. The van der Waals surface area contributed by atoms with E-state index in [0.717, 1.165) is 34.1 Å². The van der Waals surface area contributed by atoms with Crippen molar-refractivity contribution in [3.63, 3.8) is 0 Å². The van der Waals surface area contributed by atoms with Gasteiger partial charge in [0, 0.05) is 29.1 Å². The number of imidazole rings is 1. The average Bonchev–Trinajstić information content (AvgIpc) is 3.88. The number of aromatic amines is 1. The minimum Gasteiger partial charge on any atom is -0.756 e. The molecular weight excluding hydrogens is 860 g/mol. The van der Waals surface area contributed by atoms with Crippen LogP contribution in [-0.4, -0.2) is 91.9 Å². The van der Waals surface area contributed by atoms with Crippen molar-refractivity contribution in [2.45, 2.75) is 55.0 Å². The predicted octanol–water partition coefficient (Wildman–Crippen LogP) is 3.37. The highest BCUT2D eigenvalue weighted by Crippen LogP contribution is 2.65. The van der Waals surface area contributed by atoms with Crippen LogP contribution in [0.1, 0.15) is 33.9 Å². The molecule has 10 atom stereocenters. The Hall–Kier alpha value is -4.71. The summed E-state index contributed by atoms with van der Waals surface area (Å²) in [4.78, 5) is 65.0. The Kier molecular flexibility index (Phi) is 12.5. The van der Waals surface area contributed by atoms with Crippen LogP contribution >= 0.6 is 26.0 Å². The first kappa shape index (κ1) is 43.4. The number of fused-ring (bicyclic) bond motifs is 4. The molecule has 6 heterocycles. The number of hydrogen-bond donors (Lipinski definition) is 3. The van der Waals surface area contributed by atoms with Gasteiger partial charge in [0.1, 0.15) is 42.0 Å². The number of quaternary nitrogens is 1. The second kappa shape index (κ2) is 17.3. The number of carbonyl (C=O) groups is 1. The minimum absolute atomic E-state index is 0. The number of methoxy groups -OCH3 is 1. The van der Waals surface area contributed by atoms with E-state index in [1.807, 2.05) is 4.98 Å². The molecule has 2 bridgehead atoms. The lowest BCUT2D eigenvalue weighted by molar-refractivity contribution is -0.235. The van der Waals surface area contributed by atoms with Crippen molar-refractivity contribution in [1.82, 2.24) is 35.2 Å². The number of rotatable bonds is 8. The van der Waals surface area contributed by atoms with Crippen LogP contribution in [0.5, 0.6) is 5.75 Å². The van der Waals surface area contributed by atoms with Crippen molar-refractivity contribution >= 4 is 48.8 Å². The summed E-state index contributed by atoms with van der Waals surface area (Å²) in [6, 6.07) is 13.7. The number of H-pyrrole nitrogens is 1. The monoisotopic (exact) mass is 896 g/mol. The van der Waals surface area contributed by atoms with Crippen molar-refractivity contribution < 1.29 is 59.9 Å². The van der Waals surface area contributed by atoms with Gasteiger partial charge in [-0.1, -0.05) is 24.3 Å². The molecule has 3 saturated heterocycles. The molecule has 3 aliphatic heterocycles. The van der Waals surface area contributed by atoms with E-state index in [9.17, 15) is 28.4 Å². The molecule has 26 heteroatoms. The standard InChI is InChI=1S/C34H33F2N7O13P2S.H3N/c1-50-20-8-6-19(7-9-20)27(45)18-4-2-17(3-5-18)14-59-58(49)52-13-22-28(25(36)32(54-22)43-16-40-26-30(37)38-15-39-31(26)43)55-57(47,48)51-12-21-24(35)29(56-58)33(53-21)42-11-10-23(44)41-34(42)46;/h2-11,15-16,21-22,24-25,28-29,32-33H,12-14H2,1H3,(H,47,48)(H2,37,38,39)(H,41,44,46);1H3/t21-,22-,24-,25-,28-,29-,32-,33-,58?;/m1./s1. The van der Waals surface area contributed by atoms with E-state index in [1.165, 1.54) is 7.11 Å². The fraction of sp³-hybridized carbons (Fsp3) is 0.353. The molecule has 5 aromatic rings. The summed E-state index contributed by atoms with van der Waals surface area (Å²) in [6.07, 6.45) is -12.1. The number of anilines is 1. The number of alkyl halides is 2. The summed E-state index contributed by atoms with van der Waals surface area (Å²) in [7, 11) is -4.01. The lowest BCUT2D eigenvalue weighted by Crippen LogP contribution is -2.37. The van der Waals surface area contributed by atoms with Gasteiger partial charge < -0.3 is 40.0 Å². The van der Waals surface area contributed by atoms with Crippen LogP contribution in [0.3, 0.4) is 0 Å². The number of nitrogens with two attached hydrogens (primary N) is 1. The van der Waals surface area contributed by atoms with E-state index in [0.29, 0.717) is 33.8 Å². The molecule has 7 N–H and O–H groups in total. The van der Waals surface area contributed by atoms with Gasteiger partial charge >= 0.3 is 12.5 Å². The third-order valence-corrected chi connectivity index (χ3v) is 14.2. The Morgan fingerprint density at radius 1 is 0.917 bits per heavy atom. The third-order valence-electron chi connectivity index (χ3n) is 9.57. The zero-order chi connectivity index (χ0) is 41.6. The molecule has 320 valence electrons. The Morgan fingerprint density at radius 2 is 1.60 bits per heavy atom. The van der Waals surface area contributed by atoms with Crippen LogP contribution in [0.25, 0.3) is 11.2 Å². The highest BCUT2D eigenvalue weighted by molar-refractivity contribution is 8.54. The maximum Gasteiger partial charge on any atom is 0.390 e. The number of phosphoric acid groups is 1. The summed E-state index contributed by atoms with van der Waals surface area (Å²) >= 11 is 0.565. The zero-order valence-electron chi connectivity index (χ0n) is 31.3. The molecule has 3 aliphatic rings. The number of ether oxygens (including phenoxy) is 3. The van der Waals surface area contributed by atoms with Crippen LogP contribution < -0.4 is 32.8 Å². The van der Waals surface area contributed by atoms with Gasteiger partial charge in [-0.3, -0.25) is 37.3 Å². The van der Waals surface area contributed by atoms with Gasteiger partial charge in [-0.05, 0) is 41.2 Å². The lowest BCUT2D eigenvalue weighted by atomic mass is 10.0. The molecule has 2 aromatic carbocycles. The molecule has 8 rings (SSSR count). The topological polar surface area (TPSA) is 300 Å². The number of carbonyl (C=O) groups excluding carboxylic acids is 1. The molecule has 60 heavy (non-hydrogen) atoms. The Morgan fingerprint density at radius 3 is 2.30 bits per heavy atom. The minimum atomic E-state index is -5.51. The van der Waals surface area contributed by atoms with Gasteiger partial charge in [0.15, 0.2) is 42.0 Å². The van der Waals surface area contributed by atoms with Crippen LogP contribution in [0.2, 0.25) is 0 Å². The maximum atomic E-state index is 16.4. The average molecular weight is 897 g/mol. The predicted molar refractivity (Wildman–Crippen MR) is 206 cm³/mol. The molecule has 0 aliphatic carbocycles. The highest BCUT2D eigenvalue weighted by Gasteiger charge is 2.54. The van der Waals surface area contributed by atoms with Gasteiger partial charge in [-0.2, -0.15) is 0 Å². The molecule has 3 aromatic heterocycles. The van der Waals surface area contributed by atoms with E-state index in [4.69, 9.17) is 38.0 Å². The number of benzene rings is 2. The SMILES string of the molecule is COc1ccc(C(=O)c2ccc(CSP3(=O)OC[C@H]4O[C@@H](n5cnc6c(N)ncnc65)[C@H](F)[C@@H]4OP(=O)([O-])OC[C@H]4O[C@@H](n5ccc(=O)[nH]c5=O)[C@H](O3)[C@@H]4F)cc2)cc1.[NH4+]. The summed E-state index contributed by atoms with van der Waals surface area (Å²) < 4.78 is 101. The smallest absolute Gasteiger partial charge is 0.390 e. The molecular formula is C34H36F2N8O13P2S. The molecule has 21 nitrogen and oxygen atoms in total. The highest BCUT2D eigenvalue weighted by atomic mass is 32.7. The lowest BCUT2D eigenvalue weighted by Gasteiger charge is -2.30. The van der Waals surface area contributed by atoms with Crippen molar-refractivity contribution in [2.75, 3.05) is 26.1 Å². The van der Waals surface area contributed by atoms with Crippen molar-refractivity contribution in [1.29, 1.82) is 0 Å². The molecule has 0 spiro atoms. The zero-order valence-corrected chi connectivity index (χ0v) is 34.0. The number of ketones is 1. The number of nitrogen functional groups attached to an aromatic ring is 1. The van der Waals surface area contributed by atoms with Gasteiger partial charge in [0.25, 0.3) is 13.4 Å². The Bertz CT molecular complexity index is 2590. The third kappa shape index (κ3) is 8.72. The van der Waals surface area contributed by atoms with Gasteiger partial charge in [0.05, 0.1) is 26.7 Å². The van der Waals surface area contributed by atoms with E-state index in [-0.39, 0.29) is 34.7 Å². The molecule has 3 fully saturated rings. The summed E-state index contributed by atoms with van der Waals surface area (Å²) in [5.41, 5.74) is 5.43. The summed E-state index contributed by atoms with van der Waals surface area (Å²) in [6.45, 7) is -6.61. The summed E-state index contributed by atoms with van der Waals surface area (Å²) in [5, 5.41) is 0. The van der Waals surface area contributed by atoms with Gasteiger partial charge in [-0.15, -0.1) is 0 Å². The maximum absolute atomic E-state index is 16.4. The first-order valence-electron chi connectivity index (χ1n) is 17.6. The first-order chi connectivity index (χ1) is 28.2. The number of hydrogen-bond acceptors (Lipinski definition) is 18. The molecule has 0 radical (unpaired) electrons. The van der Waals surface area contributed by atoms with Crippen molar-refractivity contribution in [3.8, 4) is 5.75 Å². The van der Waals surface area contributed by atoms with Crippen LogP contribution in [-0.2, 0) is 42.5 Å². The molecule has 2 unspecified atom stereocenters. The number of nitrogens with zero attached hydrogens (tertiary/aromatic N) is 5. The number of phosphoric ester groups is 1. The van der Waals surface area contributed by atoms with E-state index in [2.05, 4.69) is 15.0 Å². The van der Waals surface area contributed by atoms with Crippen molar-refractivity contribution in [2.24, 2.45) is 0 Å². The molecule has 0 saturated carbocycles. The van der Waals surface area contributed by atoms with E-state index < -0.39 is 88.3 Å². The Balaban J connectivity index is 0.00000544. The number of halogens is 2. The first-order valence-corrected chi connectivity index (χ1v) is 22.1. The Labute approximate surface area is 341 Å². The van der Waals surface area contributed by atoms with Crippen LogP contribution in [0, 0.1) is 0 Å². The van der Waals surface area contributed by atoms with Crippen LogP contribution in [0.4, 0.5) is 14.6 Å². The second-order valence-electron chi connectivity index (χ2n) is 13.3. The normalized spacial score (nSPS) is 30.7. The van der Waals surface area contributed by atoms with Crippen molar-refractivity contribution in [3.05, 3.63) is 111 Å². The fourth-order valence-corrected chi connectivity index (χ4v) is 10.9. The van der Waals surface area contributed by atoms with E-state index >= 15 is 8.78 Å².